The average Bonchev–Trinajstić information content (AvgIpc) is 3.24. The molecule has 0 spiro atoms. The molecule has 0 N–H and O–H groups in total. The molecule has 1 atom stereocenters. The van der Waals surface area contributed by atoms with Crippen LogP contribution in [-0.2, 0) is 0 Å². The molecule has 1 saturated carbocycles. The van der Waals surface area contributed by atoms with Crippen LogP contribution in [-0.4, -0.2) is 22.1 Å². The van der Waals surface area contributed by atoms with E-state index in [1.165, 1.54) is 0 Å². The van der Waals surface area contributed by atoms with E-state index in [0.29, 0.717) is 33.2 Å². The van der Waals surface area contributed by atoms with Gasteiger partial charge in [-0.15, -0.1) is 0 Å². The maximum atomic E-state index is 14.5. The molecule has 1 fully saturated rings. The number of nitriles is 1. The predicted molar refractivity (Wildman–Crippen MR) is 142 cm³/mol. The van der Waals surface area contributed by atoms with E-state index in [0.717, 1.165) is 23.3 Å². The van der Waals surface area contributed by atoms with Crippen molar-refractivity contribution in [3.63, 3.8) is 0 Å². The van der Waals surface area contributed by atoms with Crippen LogP contribution in [0.25, 0.3) is 22.4 Å². The molecule has 1 heterocycles. The van der Waals surface area contributed by atoms with Crippen molar-refractivity contribution < 1.29 is 22.3 Å². The lowest BCUT2D eigenvalue weighted by molar-refractivity contribution is -0.0531. The van der Waals surface area contributed by atoms with Crippen LogP contribution in [0.3, 0.4) is 0 Å². The van der Waals surface area contributed by atoms with Gasteiger partial charge >= 0.3 is 0 Å². The molecular weight excluding hydrogens is 530 g/mol. The van der Waals surface area contributed by atoms with Crippen LogP contribution in [0.2, 0.25) is 5.02 Å². The van der Waals surface area contributed by atoms with Gasteiger partial charge in [0.15, 0.2) is 11.6 Å². The lowest BCUT2D eigenvalue weighted by atomic mass is 9.82. The second kappa shape index (κ2) is 10.5. The van der Waals surface area contributed by atoms with Crippen LogP contribution >= 0.6 is 11.6 Å². The summed E-state index contributed by atoms with van der Waals surface area (Å²) in [5, 5.41) is 9.82. The molecule has 1 aliphatic rings. The highest BCUT2D eigenvalue weighted by atomic mass is 35.5. The third-order valence-electron chi connectivity index (χ3n) is 7.46. The van der Waals surface area contributed by atoms with E-state index in [4.69, 9.17) is 16.3 Å². The van der Waals surface area contributed by atoms with Crippen LogP contribution in [0.4, 0.5) is 17.6 Å². The van der Waals surface area contributed by atoms with Gasteiger partial charge < -0.3 is 9.30 Å². The topological polar surface area (TPSA) is 50.8 Å². The molecule has 4 nitrogen and oxygen atoms in total. The van der Waals surface area contributed by atoms with Crippen molar-refractivity contribution in [3.8, 4) is 23.2 Å². The van der Waals surface area contributed by atoms with Crippen molar-refractivity contribution in [1.82, 2.24) is 9.55 Å². The largest absolute Gasteiger partial charge is 0.491 e. The zero-order valence-electron chi connectivity index (χ0n) is 21.4. The molecule has 0 saturated heterocycles. The molecule has 0 bridgehead atoms. The van der Waals surface area contributed by atoms with Crippen molar-refractivity contribution >= 4 is 22.6 Å². The van der Waals surface area contributed by atoms with Gasteiger partial charge in [-0.05, 0) is 80.1 Å². The van der Waals surface area contributed by atoms with Crippen molar-refractivity contribution in [2.24, 2.45) is 5.92 Å². The summed E-state index contributed by atoms with van der Waals surface area (Å²) < 4.78 is 65.2. The van der Waals surface area contributed by atoms with Gasteiger partial charge in [-0.2, -0.15) is 5.26 Å². The van der Waals surface area contributed by atoms with Crippen molar-refractivity contribution in [1.29, 1.82) is 5.26 Å². The third kappa shape index (κ3) is 5.46. The number of rotatable bonds is 6. The standard InChI is InChI=1S/C30H26ClF4N3O/c1-17-11-19(15-36)12-18(2)28(17)39-16-27(20-7-9-30(34,35)10-8-20)38-26-14-24(33)23(32)13-25(26)37-29(38)21-3-5-22(31)6-4-21/h3-6,11-14,20,27H,7-10,16H2,1-2H3. The smallest absolute Gasteiger partial charge is 0.248 e. The summed E-state index contributed by atoms with van der Waals surface area (Å²) in [5.41, 5.74) is 3.29. The van der Waals surface area contributed by atoms with Gasteiger partial charge in [0.1, 0.15) is 18.2 Å². The van der Waals surface area contributed by atoms with Crippen LogP contribution in [0.1, 0.15) is 48.4 Å². The zero-order chi connectivity index (χ0) is 27.9. The quantitative estimate of drug-likeness (QED) is 0.224. The molecule has 1 aromatic heterocycles. The van der Waals surface area contributed by atoms with E-state index < -0.39 is 23.6 Å². The molecular formula is C30H26ClF4N3O. The van der Waals surface area contributed by atoms with Gasteiger partial charge in [0.25, 0.3) is 0 Å². The normalized spacial score (nSPS) is 16.3. The molecule has 5 rings (SSSR count). The Labute approximate surface area is 228 Å². The maximum Gasteiger partial charge on any atom is 0.248 e. The number of hydrogen-bond acceptors (Lipinski definition) is 3. The first-order valence-electron chi connectivity index (χ1n) is 12.7. The van der Waals surface area contributed by atoms with E-state index >= 15 is 0 Å². The van der Waals surface area contributed by atoms with Gasteiger partial charge in [0, 0.05) is 35.6 Å². The van der Waals surface area contributed by atoms with Crippen molar-refractivity contribution in [2.75, 3.05) is 6.61 Å². The fourth-order valence-corrected chi connectivity index (χ4v) is 5.63. The van der Waals surface area contributed by atoms with E-state index in [1.807, 2.05) is 13.8 Å². The second-order valence-electron chi connectivity index (χ2n) is 10.2. The molecule has 0 aliphatic heterocycles. The highest BCUT2D eigenvalue weighted by Crippen LogP contribution is 2.43. The Kier molecular flexibility index (Phi) is 7.30. The van der Waals surface area contributed by atoms with Crippen LogP contribution in [0, 0.1) is 42.7 Å². The van der Waals surface area contributed by atoms with E-state index in [2.05, 4.69) is 11.1 Å². The number of fused-ring (bicyclic) bond motifs is 1. The number of benzene rings is 3. The summed E-state index contributed by atoms with van der Waals surface area (Å²) in [7, 11) is 0. The summed E-state index contributed by atoms with van der Waals surface area (Å²) in [6, 6.07) is 14.1. The highest BCUT2D eigenvalue weighted by Gasteiger charge is 2.39. The first kappa shape index (κ1) is 27.0. The van der Waals surface area contributed by atoms with Crippen molar-refractivity contribution in [2.45, 2.75) is 51.5 Å². The highest BCUT2D eigenvalue weighted by molar-refractivity contribution is 6.30. The first-order chi connectivity index (χ1) is 18.6. The molecule has 39 heavy (non-hydrogen) atoms. The lowest BCUT2D eigenvalue weighted by Gasteiger charge is -2.35. The van der Waals surface area contributed by atoms with E-state index in [9.17, 15) is 22.8 Å². The minimum Gasteiger partial charge on any atom is -0.491 e. The number of aromatic nitrogens is 2. The molecule has 4 aromatic rings. The minimum atomic E-state index is -2.74. The van der Waals surface area contributed by atoms with E-state index in [-0.39, 0.29) is 43.7 Å². The Morgan fingerprint density at radius 1 is 1.05 bits per heavy atom. The fraction of sp³-hybridized carbons (Fsp3) is 0.333. The van der Waals surface area contributed by atoms with Crippen LogP contribution in [0.5, 0.6) is 5.75 Å². The number of nitrogens with zero attached hydrogens (tertiary/aromatic N) is 3. The average molecular weight is 556 g/mol. The Hall–Kier alpha value is -3.57. The van der Waals surface area contributed by atoms with Crippen LogP contribution < -0.4 is 4.74 Å². The van der Waals surface area contributed by atoms with Crippen LogP contribution in [0.15, 0.2) is 48.5 Å². The summed E-state index contributed by atoms with van der Waals surface area (Å²) >= 11 is 6.10. The Balaban J connectivity index is 1.65. The molecule has 1 aliphatic carbocycles. The summed E-state index contributed by atoms with van der Waals surface area (Å²) in [5.74, 6) is -4.00. The third-order valence-corrected chi connectivity index (χ3v) is 7.71. The predicted octanol–water partition coefficient (Wildman–Crippen LogP) is 8.57. The number of alkyl halides is 2. The summed E-state index contributed by atoms with van der Waals surface area (Å²) in [6.45, 7) is 3.75. The van der Waals surface area contributed by atoms with Gasteiger partial charge in [-0.3, -0.25) is 0 Å². The van der Waals surface area contributed by atoms with Gasteiger partial charge in [0.05, 0.1) is 28.7 Å². The Morgan fingerprint density at radius 3 is 2.28 bits per heavy atom. The van der Waals surface area contributed by atoms with E-state index in [1.54, 1.807) is 41.0 Å². The first-order valence-corrected chi connectivity index (χ1v) is 13.1. The summed E-state index contributed by atoms with van der Waals surface area (Å²) in [6.07, 6.45) is -0.0739. The minimum absolute atomic E-state index is 0.0782. The molecule has 9 heteroatoms. The number of hydrogen-bond donors (Lipinski definition) is 0. The molecule has 1 unspecified atom stereocenters. The SMILES string of the molecule is Cc1cc(C#N)cc(C)c1OCC(C1CCC(F)(F)CC1)n1c(-c2ccc(Cl)cc2)nc2cc(F)c(F)cc21. The molecule has 3 aromatic carbocycles. The lowest BCUT2D eigenvalue weighted by Crippen LogP contribution is -2.33. The Morgan fingerprint density at radius 2 is 1.67 bits per heavy atom. The number of ether oxygens (including phenoxy) is 1. The Bertz CT molecular complexity index is 1540. The zero-order valence-corrected chi connectivity index (χ0v) is 22.2. The molecule has 202 valence electrons. The molecule has 0 radical (unpaired) electrons. The molecule has 0 amide bonds. The number of halogens is 5. The van der Waals surface area contributed by atoms with Gasteiger partial charge in [0.2, 0.25) is 5.92 Å². The second-order valence-corrected chi connectivity index (χ2v) is 10.6. The van der Waals surface area contributed by atoms with Crippen molar-refractivity contribution in [3.05, 3.63) is 81.9 Å². The number of imidazole rings is 1. The summed E-state index contributed by atoms with van der Waals surface area (Å²) in [4.78, 5) is 4.65. The van der Waals surface area contributed by atoms with Gasteiger partial charge in [-0.1, -0.05) is 11.6 Å². The monoisotopic (exact) mass is 555 g/mol. The van der Waals surface area contributed by atoms with Gasteiger partial charge in [-0.25, -0.2) is 22.5 Å². The fourth-order valence-electron chi connectivity index (χ4n) is 5.51. The number of aryl methyl sites for hydroxylation is 2. The maximum absolute atomic E-state index is 14.5.